The van der Waals surface area contributed by atoms with E-state index in [1.54, 1.807) is 12.1 Å². The topological polar surface area (TPSA) is 80.0 Å². The normalized spacial score (nSPS) is 13.8. The first-order chi connectivity index (χ1) is 8.49. The highest BCUT2D eigenvalue weighted by Crippen LogP contribution is 2.17. The highest BCUT2D eigenvalue weighted by molar-refractivity contribution is 6.33. The Kier molecular flexibility index (Phi) is 5.37. The van der Waals surface area contributed by atoms with Crippen LogP contribution in [0.15, 0.2) is 12.1 Å². The van der Waals surface area contributed by atoms with Gasteiger partial charge >= 0.3 is 0 Å². The Morgan fingerprint density at radius 2 is 2.17 bits per heavy atom. The third kappa shape index (κ3) is 3.58. The number of anilines is 1. The number of nitrogens with two attached hydrogens (primary N) is 1. The molecule has 1 rings (SSSR count). The highest BCUT2D eigenvalue weighted by Gasteiger charge is 2.18. The fourth-order valence-corrected chi connectivity index (χ4v) is 1.64. The van der Waals surface area contributed by atoms with Gasteiger partial charge in [0.05, 0.1) is 5.02 Å². The maximum absolute atomic E-state index is 12.0. The van der Waals surface area contributed by atoms with Gasteiger partial charge in [-0.05, 0) is 25.0 Å². The monoisotopic (exact) mass is 270 g/mol. The summed E-state index contributed by atoms with van der Waals surface area (Å²) in [5, 5.41) is 3.19. The van der Waals surface area contributed by atoms with Crippen molar-refractivity contribution in [1.82, 2.24) is 10.3 Å². The molecule has 0 saturated heterocycles. The van der Waals surface area contributed by atoms with E-state index in [4.69, 9.17) is 17.4 Å². The van der Waals surface area contributed by atoms with Crippen LogP contribution in [0.25, 0.3) is 0 Å². The van der Waals surface area contributed by atoms with Crippen LogP contribution in [0.5, 0.6) is 0 Å². The molecule has 0 spiro atoms. The number of carbonyl (C=O) groups excluding carboxylic acids is 1. The van der Waals surface area contributed by atoms with E-state index in [1.165, 1.54) is 0 Å². The van der Waals surface area contributed by atoms with Gasteiger partial charge in [0.25, 0.3) is 5.91 Å². The predicted molar refractivity (Wildman–Crippen MR) is 73.4 cm³/mol. The van der Waals surface area contributed by atoms with E-state index < -0.39 is 0 Å². The first-order valence-electron chi connectivity index (χ1n) is 5.93. The molecule has 5 nitrogen and oxygen atoms in total. The number of nitrogen functional groups attached to an aromatic ring is 1. The molecule has 0 bridgehead atoms. The number of aromatic nitrogens is 1. The molecule has 0 aliphatic rings. The van der Waals surface area contributed by atoms with E-state index in [1.807, 2.05) is 6.92 Å². The first kappa shape index (κ1) is 14.7. The van der Waals surface area contributed by atoms with Crippen LogP contribution in [0, 0.1) is 5.92 Å². The molecule has 2 unspecified atom stereocenters. The zero-order valence-electron chi connectivity index (χ0n) is 10.8. The molecule has 1 aromatic rings. The van der Waals surface area contributed by atoms with Gasteiger partial charge in [0.15, 0.2) is 0 Å². The van der Waals surface area contributed by atoms with Crippen molar-refractivity contribution in [3.05, 3.63) is 22.8 Å². The highest BCUT2D eigenvalue weighted by atomic mass is 35.5. The molecule has 1 aromatic heterocycles. The molecule has 4 N–H and O–H groups in total. The number of halogens is 1. The quantitative estimate of drug-likeness (QED) is 0.566. The van der Waals surface area contributed by atoms with Gasteiger partial charge in [-0.25, -0.2) is 10.8 Å². The second-order valence-electron chi connectivity index (χ2n) is 4.32. The van der Waals surface area contributed by atoms with E-state index in [9.17, 15) is 4.79 Å². The predicted octanol–water partition coefficient (Wildman–Crippen LogP) is 2.18. The molecule has 0 saturated carbocycles. The lowest BCUT2D eigenvalue weighted by Crippen LogP contribution is -2.37. The molecule has 0 aliphatic carbocycles. The van der Waals surface area contributed by atoms with Crippen molar-refractivity contribution in [1.29, 1.82) is 0 Å². The Hall–Kier alpha value is -1.33. The lowest BCUT2D eigenvalue weighted by Gasteiger charge is -2.19. The van der Waals surface area contributed by atoms with Crippen molar-refractivity contribution in [2.24, 2.45) is 11.8 Å². The summed E-state index contributed by atoms with van der Waals surface area (Å²) < 4.78 is 0. The van der Waals surface area contributed by atoms with Gasteiger partial charge in [0.2, 0.25) is 0 Å². The van der Waals surface area contributed by atoms with Gasteiger partial charge in [0.1, 0.15) is 11.5 Å². The van der Waals surface area contributed by atoms with Crippen molar-refractivity contribution in [2.75, 3.05) is 5.43 Å². The SMILES string of the molecule is CCC(C)C(C)NC(=O)c1nc(NN)ccc1Cl. The number of nitrogens with zero attached hydrogens (tertiary/aromatic N) is 1. The average Bonchev–Trinajstić information content (AvgIpc) is 2.38. The Morgan fingerprint density at radius 3 is 2.72 bits per heavy atom. The number of pyridine rings is 1. The molecular formula is C12H19ClN4O. The van der Waals surface area contributed by atoms with Gasteiger partial charge in [-0.15, -0.1) is 0 Å². The molecule has 0 aromatic carbocycles. The smallest absolute Gasteiger partial charge is 0.271 e. The van der Waals surface area contributed by atoms with Crippen LogP contribution in [0.2, 0.25) is 5.02 Å². The minimum Gasteiger partial charge on any atom is -0.348 e. The van der Waals surface area contributed by atoms with Crippen molar-refractivity contribution in [2.45, 2.75) is 33.2 Å². The number of hydrazine groups is 1. The second kappa shape index (κ2) is 6.56. The molecule has 18 heavy (non-hydrogen) atoms. The van der Waals surface area contributed by atoms with Crippen LogP contribution >= 0.6 is 11.6 Å². The summed E-state index contributed by atoms with van der Waals surface area (Å²) in [5.41, 5.74) is 2.57. The summed E-state index contributed by atoms with van der Waals surface area (Å²) in [6.45, 7) is 6.13. The van der Waals surface area contributed by atoms with Crippen LogP contribution in [-0.2, 0) is 0 Å². The standard InChI is InChI=1S/C12H19ClN4O/c1-4-7(2)8(3)15-12(18)11-9(13)5-6-10(16-11)17-14/h5-8H,4,14H2,1-3H3,(H,15,18)(H,16,17). The van der Waals surface area contributed by atoms with Crippen molar-refractivity contribution in [3.63, 3.8) is 0 Å². The molecule has 1 amide bonds. The van der Waals surface area contributed by atoms with Crippen molar-refractivity contribution in [3.8, 4) is 0 Å². The Morgan fingerprint density at radius 1 is 1.50 bits per heavy atom. The van der Waals surface area contributed by atoms with E-state index in [-0.39, 0.29) is 17.6 Å². The number of nitrogens with one attached hydrogen (secondary N) is 2. The molecule has 1 heterocycles. The number of carbonyl (C=O) groups is 1. The van der Waals surface area contributed by atoms with Gasteiger partial charge in [-0.2, -0.15) is 0 Å². The van der Waals surface area contributed by atoms with Crippen molar-refractivity contribution >= 4 is 23.3 Å². The summed E-state index contributed by atoms with van der Waals surface area (Å²) in [6.07, 6.45) is 0.993. The van der Waals surface area contributed by atoms with Crippen LogP contribution in [0.3, 0.4) is 0 Å². The number of amides is 1. The molecule has 0 fully saturated rings. The largest absolute Gasteiger partial charge is 0.348 e. The number of rotatable bonds is 5. The summed E-state index contributed by atoms with van der Waals surface area (Å²) in [6, 6.07) is 3.26. The molecule has 100 valence electrons. The third-order valence-corrected chi connectivity index (χ3v) is 3.37. The van der Waals surface area contributed by atoms with E-state index in [2.05, 4.69) is 29.6 Å². The fourth-order valence-electron chi connectivity index (χ4n) is 1.45. The minimum absolute atomic E-state index is 0.0647. The zero-order chi connectivity index (χ0) is 13.7. The van der Waals surface area contributed by atoms with Gasteiger partial charge in [-0.1, -0.05) is 31.9 Å². The maximum atomic E-state index is 12.0. The van der Waals surface area contributed by atoms with Gasteiger partial charge in [-0.3, -0.25) is 4.79 Å². The lowest BCUT2D eigenvalue weighted by atomic mass is 10.0. The Balaban J connectivity index is 2.83. The van der Waals surface area contributed by atoms with Crippen LogP contribution in [-0.4, -0.2) is 16.9 Å². The van der Waals surface area contributed by atoms with E-state index in [0.717, 1.165) is 6.42 Å². The van der Waals surface area contributed by atoms with Crippen LogP contribution in [0.1, 0.15) is 37.7 Å². The van der Waals surface area contributed by atoms with Gasteiger partial charge in [0, 0.05) is 6.04 Å². The van der Waals surface area contributed by atoms with Crippen molar-refractivity contribution < 1.29 is 4.79 Å². The summed E-state index contributed by atoms with van der Waals surface area (Å²) in [4.78, 5) is 16.1. The number of hydrogen-bond acceptors (Lipinski definition) is 4. The fraction of sp³-hybridized carbons (Fsp3) is 0.500. The lowest BCUT2D eigenvalue weighted by molar-refractivity contribution is 0.0923. The Labute approximate surface area is 112 Å². The molecule has 6 heteroatoms. The molecular weight excluding hydrogens is 252 g/mol. The van der Waals surface area contributed by atoms with E-state index in [0.29, 0.717) is 16.8 Å². The van der Waals surface area contributed by atoms with Crippen LogP contribution < -0.4 is 16.6 Å². The summed E-state index contributed by atoms with van der Waals surface area (Å²) in [5.74, 6) is 5.76. The molecule has 0 aliphatic heterocycles. The molecule has 2 atom stereocenters. The maximum Gasteiger partial charge on any atom is 0.271 e. The number of hydrogen-bond donors (Lipinski definition) is 3. The summed E-state index contributed by atoms with van der Waals surface area (Å²) >= 11 is 5.95. The Bertz CT molecular complexity index is 425. The van der Waals surface area contributed by atoms with E-state index >= 15 is 0 Å². The average molecular weight is 271 g/mol. The minimum atomic E-state index is -0.287. The molecule has 0 radical (unpaired) electrons. The third-order valence-electron chi connectivity index (χ3n) is 3.07. The summed E-state index contributed by atoms with van der Waals surface area (Å²) in [7, 11) is 0. The first-order valence-corrected chi connectivity index (χ1v) is 6.31. The van der Waals surface area contributed by atoms with Crippen LogP contribution in [0.4, 0.5) is 5.82 Å². The second-order valence-corrected chi connectivity index (χ2v) is 4.73. The zero-order valence-corrected chi connectivity index (χ0v) is 11.6. The van der Waals surface area contributed by atoms with Gasteiger partial charge < -0.3 is 10.7 Å².